The zero-order valence-corrected chi connectivity index (χ0v) is 12.9. The number of amides is 1. The van der Waals surface area contributed by atoms with Gasteiger partial charge in [-0.15, -0.1) is 0 Å². The van der Waals surface area contributed by atoms with Crippen molar-refractivity contribution in [3.8, 4) is 0 Å². The molecule has 0 spiro atoms. The summed E-state index contributed by atoms with van der Waals surface area (Å²) in [5.74, 6) is 0.0470. The highest BCUT2D eigenvalue weighted by Gasteiger charge is 2.21. The Hall–Kier alpha value is -2.13. The van der Waals surface area contributed by atoms with Gasteiger partial charge in [-0.25, -0.2) is 0 Å². The standard InChI is InChI=1S/C18H22N2O/c1-14-9-11-16(12-10-14)13-20(3)15(2)18(21)19-17-7-5-4-6-8-17/h4-12,15H,13H2,1-3H3,(H,19,21)/p+1/t15-/m1/s1. The molecule has 0 saturated heterocycles. The largest absolute Gasteiger partial charge is 0.324 e. The van der Waals surface area contributed by atoms with E-state index in [9.17, 15) is 4.79 Å². The van der Waals surface area contributed by atoms with Crippen molar-refractivity contribution in [3.05, 3.63) is 65.7 Å². The lowest BCUT2D eigenvalue weighted by Gasteiger charge is -2.21. The first-order valence-corrected chi connectivity index (χ1v) is 7.30. The maximum atomic E-state index is 12.3. The predicted molar refractivity (Wildman–Crippen MR) is 86.3 cm³/mol. The number of benzene rings is 2. The molecule has 3 heteroatoms. The summed E-state index contributed by atoms with van der Waals surface area (Å²) < 4.78 is 0. The van der Waals surface area contributed by atoms with Crippen molar-refractivity contribution in [1.82, 2.24) is 0 Å². The first-order chi connectivity index (χ1) is 10.1. The van der Waals surface area contributed by atoms with Crippen molar-refractivity contribution >= 4 is 11.6 Å². The molecule has 0 aliphatic heterocycles. The summed E-state index contributed by atoms with van der Waals surface area (Å²) in [6.45, 7) is 4.88. The van der Waals surface area contributed by atoms with Gasteiger partial charge in [0.05, 0.1) is 7.05 Å². The minimum Gasteiger partial charge on any atom is -0.324 e. The van der Waals surface area contributed by atoms with Crippen LogP contribution in [0.4, 0.5) is 5.69 Å². The van der Waals surface area contributed by atoms with Gasteiger partial charge < -0.3 is 10.2 Å². The van der Waals surface area contributed by atoms with Gasteiger partial charge in [-0.2, -0.15) is 0 Å². The number of carbonyl (C=O) groups excluding carboxylic acids is 1. The normalized spacial score (nSPS) is 13.5. The molecule has 0 aromatic heterocycles. The molecule has 2 rings (SSSR count). The van der Waals surface area contributed by atoms with Crippen molar-refractivity contribution in [1.29, 1.82) is 0 Å². The Balaban J connectivity index is 1.93. The van der Waals surface area contributed by atoms with E-state index in [0.717, 1.165) is 12.2 Å². The van der Waals surface area contributed by atoms with E-state index in [1.807, 2.05) is 37.3 Å². The predicted octanol–water partition coefficient (Wildman–Crippen LogP) is 2.04. The molecule has 0 aliphatic rings. The zero-order valence-electron chi connectivity index (χ0n) is 12.9. The number of nitrogens with one attached hydrogen (secondary N) is 2. The van der Waals surface area contributed by atoms with Crippen LogP contribution in [-0.4, -0.2) is 19.0 Å². The first kappa shape index (κ1) is 15.3. The van der Waals surface area contributed by atoms with E-state index in [4.69, 9.17) is 0 Å². The van der Waals surface area contributed by atoms with Gasteiger partial charge in [0, 0.05) is 11.3 Å². The molecule has 0 bridgehead atoms. The Bertz CT molecular complexity index is 578. The number of likely N-dealkylation sites (N-methyl/N-ethyl adjacent to an activating group) is 1. The van der Waals surface area contributed by atoms with Crippen molar-refractivity contribution in [2.75, 3.05) is 12.4 Å². The third-order valence-corrected chi connectivity index (χ3v) is 3.78. The Morgan fingerprint density at radius 2 is 1.71 bits per heavy atom. The number of rotatable bonds is 5. The maximum Gasteiger partial charge on any atom is 0.282 e. The van der Waals surface area contributed by atoms with Crippen molar-refractivity contribution in [2.45, 2.75) is 26.4 Å². The number of carbonyl (C=O) groups is 1. The fraction of sp³-hybridized carbons (Fsp3) is 0.278. The number of para-hydroxylation sites is 1. The molecule has 0 heterocycles. The van der Waals surface area contributed by atoms with E-state index in [1.54, 1.807) is 0 Å². The summed E-state index contributed by atoms with van der Waals surface area (Å²) in [5.41, 5.74) is 3.35. The third kappa shape index (κ3) is 4.43. The molecule has 0 fully saturated rings. The second-order valence-electron chi connectivity index (χ2n) is 5.59. The number of anilines is 1. The van der Waals surface area contributed by atoms with Gasteiger partial charge in [-0.1, -0.05) is 48.0 Å². The lowest BCUT2D eigenvalue weighted by atomic mass is 10.1. The van der Waals surface area contributed by atoms with Crippen LogP contribution in [0, 0.1) is 6.92 Å². The molecule has 21 heavy (non-hydrogen) atoms. The number of hydrogen-bond acceptors (Lipinski definition) is 1. The van der Waals surface area contributed by atoms with Crippen LogP contribution < -0.4 is 10.2 Å². The van der Waals surface area contributed by atoms with Crippen LogP contribution in [0.25, 0.3) is 0 Å². The highest BCUT2D eigenvalue weighted by Crippen LogP contribution is 2.05. The molecule has 2 atom stereocenters. The van der Waals surface area contributed by atoms with Crippen LogP contribution >= 0.6 is 0 Å². The Kier molecular flexibility index (Phi) is 5.12. The monoisotopic (exact) mass is 283 g/mol. The topological polar surface area (TPSA) is 33.5 Å². The van der Waals surface area contributed by atoms with Gasteiger partial charge in [0.25, 0.3) is 5.91 Å². The summed E-state index contributed by atoms with van der Waals surface area (Å²) in [4.78, 5) is 13.4. The van der Waals surface area contributed by atoms with Crippen molar-refractivity contribution in [3.63, 3.8) is 0 Å². The van der Waals surface area contributed by atoms with Crippen molar-refractivity contribution < 1.29 is 9.69 Å². The summed E-state index contributed by atoms with van der Waals surface area (Å²) >= 11 is 0. The Labute approximate surface area is 126 Å². The van der Waals surface area contributed by atoms with E-state index >= 15 is 0 Å². The molecule has 3 nitrogen and oxygen atoms in total. The molecule has 1 unspecified atom stereocenters. The van der Waals surface area contributed by atoms with Gasteiger partial charge in [-0.3, -0.25) is 4.79 Å². The fourth-order valence-corrected chi connectivity index (χ4v) is 2.18. The third-order valence-electron chi connectivity index (χ3n) is 3.78. The molecule has 2 N–H and O–H groups in total. The fourth-order valence-electron chi connectivity index (χ4n) is 2.18. The van der Waals surface area contributed by atoms with Crippen LogP contribution in [-0.2, 0) is 11.3 Å². The van der Waals surface area contributed by atoms with Crippen molar-refractivity contribution in [2.24, 2.45) is 0 Å². The van der Waals surface area contributed by atoms with E-state index in [-0.39, 0.29) is 11.9 Å². The van der Waals surface area contributed by atoms with Crippen LogP contribution in [0.5, 0.6) is 0 Å². The summed E-state index contributed by atoms with van der Waals surface area (Å²) in [6, 6.07) is 17.9. The first-order valence-electron chi connectivity index (χ1n) is 7.30. The zero-order chi connectivity index (χ0) is 15.2. The van der Waals surface area contributed by atoms with Gasteiger partial charge >= 0.3 is 0 Å². The Morgan fingerprint density at radius 1 is 1.10 bits per heavy atom. The van der Waals surface area contributed by atoms with E-state index in [1.165, 1.54) is 16.0 Å². The van der Waals surface area contributed by atoms with Crippen LogP contribution in [0.3, 0.4) is 0 Å². The highest BCUT2D eigenvalue weighted by atomic mass is 16.2. The van der Waals surface area contributed by atoms with Gasteiger partial charge in [0.15, 0.2) is 6.04 Å². The molecular weight excluding hydrogens is 260 g/mol. The van der Waals surface area contributed by atoms with Gasteiger partial charge in [0.1, 0.15) is 6.54 Å². The highest BCUT2D eigenvalue weighted by molar-refractivity contribution is 5.93. The number of quaternary nitrogens is 1. The van der Waals surface area contributed by atoms with E-state index in [0.29, 0.717) is 0 Å². The number of hydrogen-bond donors (Lipinski definition) is 2. The maximum absolute atomic E-state index is 12.3. The molecule has 0 radical (unpaired) electrons. The molecule has 1 amide bonds. The van der Waals surface area contributed by atoms with E-state index in [2.05, 4.69) is 43.6 Å². The smallest absolute Gasteiger partial charge is 0.282 e. The average molecular weight is 283 g/mol. The van der Waals surface area contributed by atoms with Crippen LogP contribution in [0.2, 0.25) is 0 Å². The average Bonchev–Trinajstić information content (AvgIpc) is 2.49. The molecule has 0 aliphatic carbocycles. The minimum atomic E-state index is -0.105. The summed E-state index contributed by atoms with van der Waals surface area (Å²) in [7, 11) is 2.05. The number of aryl methyl sites for hydroxylation is 1. The van der Waals surface area contributed by atoms with Crippen LogP contribution in [0.15, 0.2) is 54.6 Å². The summed E-state index contributed by atoms with van der Waals surface area (Å²) in [5, 5.41) is 2.96. The molecule has 110 valence electrons. The SMILES string of the molecule is Cc1ccc(C[NH+](C)[C@H](C)C(=O)Nc2ccccc2)cc1. The van der Waals surface area contributed by atoms with Crippen LogP contribution in [0.1, 0.15) is 18.1 Å². The van der Waals surface area contributed by atoms with Gasteiger partial charge in [0.2, 0.25) is 0 Å². The lowest BCUT2D eigenvalue weighted by molar-refractivity contribution is -0.907. The minimum absolute atomic E-state index is 0.0470. The molecule has 2 aromatic carbocycles. The molecule has 2 aromatic rings. The Morgan fingerprint density at radius 3 is 2.33 bits per heavy atom. The molecular formula is C18H23N2O+. The quantitative estimate of drug-likeness (QED) is 0.865. The second kappa shape index (κ2) is 7.04. The lowest BCUT2D eigenvalue weighted by Crippen LogP contribution is -3.12. The van der Waals surface area contributed by atoms with E-state index < -0.39 is 0 Å². The summed E-state index contributed by atoms with van der Waals surface area (Å²) in [6.07, 6.45) is 0. The molecule has 0 saturated carbocycles. The second-order valence-corrected chi connectivity index (χ2v) is 5.59. The van der Waals surface area contributed by atoms with Gasteiger partial charge in [-0.05, 0) is 26.0 Å².